The zero-order valence-electron chi connectivity index (χ0n) is 28.5. The summed E-state index contributed by atoms with van der Waals surface area (Å²) < 4.78 is 65.1. The predicted octanol–water partition coefficient (Wildman–Crippen LogP) is 2.49. The molecule has 0 atom stereocenters. The van der Waals surface area contributed by atoms with Crippen molar-refractivity contribution in [1.82, 2.24) is 5.32 Å². The third kappa shape index (κ3) is 40.8. The van der Waals surface area contributed by atoms with Gasteiger partial charge < -0.3 is 62.2 Å². The summed E-state index contributed by atoms with van der Waals surface area (Å²) in [5, 5.41) is 2.63. The van der Waals surface area contributed by atoms with E-state index in [9.17, 15) is 4.79 Å². The van der Waals surface area contributed by atoms with Crippen LogP contribution in [0.15, 0.2) is 0 Å². The minimum absolute atomic E-state index is 0.384. The van der Waals surface area contributed by atoms with E-state index < -0.39 is 11.7 Å². The van der Waals surface area contributed by atoms with E-state index in [0.717, 1.165) is 19.4 Å². The molecule has 0 aliphatic heterocycles. The lowest BCUT2D eigenvalue weighted by atomic mass is 10.2. The molecule has 45 heavy (non-hydrogen) atoms. The first kappa shape index (κ1) is 43.8. The fourth-order valence-corrected chi connectivity index (χ4v) is 3.09. The highest BCUT2D eigenvalue weighted by Crippen LogP contribution is 2.06. The third-order valence-electron chi connectivity index (χ3n) is 5.28. The van der Waals surface area contributed by atoms with Crippen LogP contribution in [0.5, 0.6) is 0 Å². The van der Waals surface area contributed by atoms with Crippen LogP contribution in [0.25, 0.3) is 0 Å². The van der Waals surface area contributed by atoms with Crippen molar-refractivity contribution in [3.8, 4) is 0 Å². The molecule has 0 unspecified atom stereocenters. The molecule has 0 bridgehead atoms. The summed E-state index contributed by atoms with van der Waals surface area (Å²) in [7, 11) is 0. The number of carbonyl (C=O) groups excluding carboxylic acids is 1. The fourth-order valence-electron chi connectivity index (χ4n) is 3.09. The molecule has 1 amide bonds. The molecule has 0 fully saturated rings. The van der Waals surface area contributed by atoms with Crippen LogP contribution in [-0.4, -0.2) is 164 Å². The van der Waals surface area contributed by atoms with Gasteiger partial charge in [-0.05, 0) is 27.2 Å². The molecule has 0 radical (unpaired) electrons. The number of alkyl carbamates (subject to hydrolysis) is 1. The van der Waals surface area contributed by atoms with Gasteiger partial charge in [0.1, 0.15) is 5.60 Å². The maximum absolute atomic E-state index is 11.5. The average molecular weight is 658 g/mol. The van der Waals surface area contributed by atoms with Crippen molar-refractivity contribution in [2.75, 3.05) is 152 Å². The van der Waals surface area contributed by atoms with Crippen molar-refractivity contribution in [2.24, 2.45) is 0 Å². The molecule has 0 aliphatic carbocycles. The zero-order chi connectivity index (χ0) is 32.9. The van der Waals surface area contributed by atoms with Crippen molar-refractivity contribution in [3.05, 3.63) is 0 Å². The Morgan fingerprint density at radius 3 is 0.911 bits per heavy atom. The van der Waals surface area contributed by atoms with Gasteiger partial charge in [-0.2, -0.15) is 0 Å². The van der Waals surface area contributed by atoms with Crippen molar-refractivity contribution < 1.29 is 61.6 Å². The molecule has 0 spiro atoms. The van der Waals surface area contributed by atoms with Gasteiger partial charge in [-0.25, -0.2) is 4.79 Å². The number of ether oxygens (including phenoxy) is 12. The molecule has 1 N–H and O–H groups in total. The molecule has 0 saturated carbocycles. The van der Waals surface area contributed by atoms with Crippen LogP contribution in [-0.2, 0) is 56.8 Å². The monoisotopic (exact) mass is 657 g/mol. The smallest absolute Gasteiger partial charge is 0.407 e. The summed E-state index contributed by atoms with van der Waals surface area (Å²) in [6.07, 6.45) is 1.78. The maximum Gasteiger partial charge on any atom is 0.407 e. The summed E-state index contributed by atoms with van der Waals surface area (Å²) in [4.78, 5) is 11.5. The van der Waals surface area contributed by atoms with Crippen LogP contribution in [0.2, 0.25) is 0 Å². The minimum atomic E-state index is -0.510. The fraction of sp³-hybridized carbons (Fsp3) is 0.968. The molecule has 270 valence electrons. The van der Waals surface area contributed by atoms with E-state index in [0.29, 0.717) is 145 Å². The minimum Gasteiger partial charge on any atom is -0.444 e. The van der Waals surface area contributed by atoms with Crippen LogP contribution in [0.4, 0.5) is 4.79 Å². The highest BCUT2D eigenvalue weighted by Gasteiger charge is 2.15. The summed E-state index contributed by atoms with van der Waals surface area (Å²) in [6.45, 7) is 19.5. The molecular formula is C31H63NO13. The molecular weight excluding hydrogens is 594 g/mol. The topological polar surface area (TPSA) is 140 Å². The van der Waals surface area contributed by atoms with Gasteiger partial charge in [0.05, 0.1) is 139 Å². The second-order valence-electron chi connectivity index (χ2n) is 10.5. The van der Waals surface area contributed by atoms with Gasteiger partial charge in [0, 0.05) is 13.2 Å². The first-order valence-electron chi connectivity index (χ1n) is 16.3. The van der Waals surface area contributed by atoms with Gasteiger partial charge in [0.15, 0.2) is 0 Å². The van der Waals surface area contributed by atoms with Crippen LogP contribution in [0.3, 0.4) is 0 Å². The van der Waals surface area contributed by atoms with Crippen LogP contribution < -0.4 is 5.32 Å². The van der Waals surface area contributed by atoms with Crippen LogP contribution >= 0.6 is 0 Å². The van der Waals surface area contributed by atoms with E-state index in [1.807, 2.05) is 20.8 Å². The van der Waals surface area contributed by atoms with Gasteiger partial charge in [0.25, 0.3) is 0 Å². The Kier molecular flexibility index (Phi) is 34.8. The number of hydrogen-bond acceptors (Lipinski definition) is 13. The Morgan fingerprint density at radius 2 is 0.667 bits per heavy atom. The standard InChI is InChI=1S/C31H63NO13/c1-5-6-8-34-10-12-36-14-16-38-18-20-40-22-24-42-26-28-44-29-27-43-25-23-41-21-19-39-17-15-37-13-11-35-9-7-32-30(33)45-31(2,3)4/h5-29H2,1-4H3,(H,32,33). The number of rotatable bonds is 36. The van der Waals surface area contributed by atoms with E-state index in [1.54, 1.807) is 0 Å². The van der Waals surface area contributed by atoms with E-state index in [-0.39, 0.29) is 0 Å². The lowest BCUT2D eigenvalue weighted by Gasteiger charge is -2.19. The predicted molar refractivity (Wildman–Crippen MR) is 168 cm³/mol. The first-order valence-corrected chi connectivity index (χ1v) is 16.3. The molecule has 0 rings (SSSR count). The van der Waals surface area contributed by atoms with E-state index in [2.05, 4.69) is 12.2 Å². The lowest BCUT2D eigenvalue weighted by molar-refractivity contribution is -0.0275. The highest BCUT2D eigenvalue weighted by atomic mass is 16.6. The third-order valence-corrected chi connectivity index (χ3v) is 5.28. The number of unbranched alkanes of at least 4 members (excludes halogenated alkanes) is 1. The van der Waals surface area contributed by atoms with Gasteiger partial charge in [-0.3, -0.25) is 0 Å². The summed E-state index contributed by atoms with van der Waals surface area (Å²) in [6, 6.07) is 0. The van der Waals surface area contributed by atoms with Gasteiger partial charge in [-0.1, -0.05) is 13.3 Å². The molecule has 14 heteroatoms. The van der Waals surface area contributed by atoms with Crippen molar-refractivity contribution in [1.29, 1.82) is 0 Å². The molecule has 0 heterocycles. The van der Waals surface area contributed by atoms with E-state index >= 15 is 0 Å². The van der Waals surface area contributed by atoms with Gasteiger partial charge in [0.2, 0.25) is 0 Å². The molecule has 0 aromatic carbocycles. The molecule has 0 aromatic rings. The quantitative estimate of drug-likeness (QED) is 0.0988. The molecule has 0 aliphatic rings. The lowest BCUT2D eigenvalue weighted by Crippen LogP contribution is -2.34. The Balaban J connectivity index is 3.09. The Bertz CT molecular complexity index is 596. The van der Waals surface area contributed by atoms with Gasteiger partial charge in [-0.15, -0.1) is 0 Å². The number of carbonyl (C=O) groups is 1. The normalized spacial score (nSPS) is 11.7. The number of hydrogen-bond donors (Lipinski definition) is 1. The average Bonchev–Trinajstić information content (AvgIpc) is 3.00. The second-order valence-corrected chi connectivity index (χ2v) is 10.5. The highest BCUT2D eigenvalue weighted by molar-refractivity contribution is 5.67. The van der Waals surface area contributed by atoms with Crippen molar-refractivity contribution >= 4 is 6.09 Å². The Hall–Kier alpha value is -1.17. The Morgan fingerprint density at radius 1 is 0.422 bits per heavy atom. The summed E-state index contributed by atoms with van der Waals surface area (Å²) in [5.74, 6) is 0. The van der Waals surface area contributed by atoms with Crippen molar-refractivity contribution in [3.63, 3.8) is 0 Å². The van der Waals surface area contributed by atoms with Crippen molar-refractivity contribution in [2.45, 2.75) is 46.1 Å². The molecule has 0 aromatic heterocycles. The van der Waals surface area contributed by atoms with Gasteiger partial charge >= 0.3 is 6.09 Å². The van der Waals surface area contributed by atoms with E-state index in [4.69, 9.17) is 56.8 Å². The largest absolute Gasteiger partial charge is 0.444 e. The number of nitrogens with one attached hydrogen (secondary N) is 1. The SMILES string of the molecule is CCCCOCCOCCOCCOCCOCCOCCOCCOCCOCCOCCOCCNC(=O)OC(C)(C)C. The summed E-state index contributed by atoms with van der Waals surface area (Å²) >= 11 is 0. The Labute approximate surface area is 271 Å². The molecule has 14 nitrogen and oxygen atoms in total. The van der Waals surface area contributed by atoms with E-state index in [1.165, 1.54) is 0 Å². The summed E-state index contributed by atoms with van der Waals surface area (Å²) in [5.41, 5.74) is -0.510. The number of amides is 1. The second kappa shape index (κ2) is 35.7. The van der Waals surface area contributed by atoms with Crippen LogP contribution in [0, 0.1) is 0 Å². The zero-order valence-corrected chi connectivity index (χ0v) is 28.5. The maximum atomic E-state index is 11.5. The molecule has 0 saturated heterocycles. The first-order chi connectivity index (χ1) is 22.0. The van der Waals surface area contributed by atoms with Crippen LogP contribution in [0.1, 0.15) is 40.5 Å².